The minimum Gasteiger partial charge on any atom is -0.486 e. The first-order chi connectivity index (χ1) is 7.11. The number of fused-ring (bicyclic) bond motifs is 1. The number of carboxylic acid groups (broad SMARTS) is 1. The average molecular weight is 230 g/mol. The number of ether oxygens (including phenoxy) is 2. The highest BCUT2D eigenvalue weighted by atomic mass is 35.5. The Morgan fingerprint density at radius 3 is 2.80 bits per heavy atom. The second kappa shape index (κ2) is 3.51. The molecule has 0 aliphatic carbocycles. The van der Waals surface area contributed by atoms with Crippen LogP contribution in [0.25, 0.3) is 0 Å². The van der Waals surface area contributed by atoms with E-state index in [0.717, 1.165) is 0 Å². The topological polar surface area (TPSA) is 81.8 Å². The third-order valence-electron chi connectivity index (χ3n) is 2.03. The van der Waals surface area contributed by atoms with Gasteiger partial charge in [0.25, 0.3) is 0 Å². The predicted octanol–water partition coefficient (Wildman–Crippen LogP) is 1.39. The summed E-state index contributed by atoms with van der Waals surface area (Å²) in [4.78, 5) is 10.8. The first kappa shape index (κ1) is 9.92. The molecule has 0 spiro atoms. The first-order valence-corrected chi connectivity index (χ1v) is 4.60. The van der Waals surface area contributed by atoms with Crippen LogP contribution in [0.5, 0.6) is 11.5 Å². The number of nitrogen functional groups attached to an aromatic ring is 1. The number of halogens is 1. The van der Waals surface area contributed by atoms with Gasteiger partial charge in [0.2, 0.25) is 0 Å². The molecule has 0 aromatic heterocycles. The monoisotopic (exact) mass is 229 g/mol. The largest absolute Gasteiger partial charge is 0.486 e. The molecule has 5 nitrogen and oxygen atoms in total. The van der Waals surface area contributed by atoms with Crippen LogP contribution in [0, 0.1) is 0 Å². The minimum absolute atomic E-state index is 0.0215. The van der Waals surface area contributed by atoms with Crippen molar-refractivity contribution >= 4 is 23.3 Å². The summed E-state index contributed by atoms with van der Waals surface area (Å²) in [6.07, 6.45) is 0. The average Bonchev–Trinajstić information content (AvgIpc) is 2.23. The lowest BCUT2D eigenvalue weighted by atomic mass is 10.1. The lowest BCUT2D eigenvalue weighted by molar-refractivity contribution is 0.0696. The van der Waals surface area contributed by atoms with Crippen LogP contribution >= 0.6 is 11.6 Å². The highest BCUT2D eigenvalue weighted by molar-refractivity contribution is 6.36. The number of benzene rings is 1. The number of nitrogens with two attached hydrogens (primary N) is 1. The highest BCUT2D eigenvalue weighted by Crippen LogP contribution is 2.42. The SMILES string of the molecule is Nc1c(Cl)c(C(=O)O)cc2c1OCCO2. The minimum atomic E-state index is -1.15. The zero-order valence-corrected chi connectivity index (χ0v) is 8.37. The molecule has 0 amide bonds. The van der Waals surface area contributed by atoms with E-state index < -0.39 is 5.97 Å². The smallest absolute Gasteiger partial charge is 0.337 e. The summed E-state index contributed by atoms with van der Waals surface area (Å²) in [6, 6.07) is 1.32. The highest BCUT2D eigenvalue weighted by Gasteiger charge is 2.22. The molecule has 0 atom stereocenters. The molecule has 0 unspecified atom stereocenters. The van der Waals surface area contributed by atoms with E-state index >= 15 is 0 Å². The first-order valence-electron chi connectivity index (χ1n) is 4.22. The van der Waals surface area contributed by atoms with Gasteiger partial charge in [0.15, 0.2) is 11.5 Å². The summed E-state index contributed by atoms with van der Waals surface area (Å²) in [6.45, 7) is 0.743. The molecule has 1 aromatic carbocycles. The number of rotatable bonds is 1. The van der Waals surface area contributed by atoms with Gasteiger partial charge in [-0.15, -0.1) is 0 Å². The van der Waals surface area contributed by atoms with Crippen LogP contribution in [0.3, 0.4) is 0 Å². The fourth-order valence-corrected chi connectivity index (χ4v) is 1.57. The van der Waals surface area contributed by atoms with E-state index in [1.54, 1.807) is 0 Å². The van der Waals surface area contributed by atoms with Gasteiger partial charge in [0.05, 0.1) is 16.3 Å². The van der Waals surface area contributed by atoms with Crippen molar-refractivity contribution in [2.45, 2.75) is 0 Å². The van der Waals surface area contributed by atoms with Crippen LogP contribution in [-0.4, -0.2) is 24.3 Å². The normalized spacial score (nSPS) is 13.7. The number of hydrogen-bond acceptors (Lipinski definition) is 4. The summed E-state index contributed by atoms with van der Waals surface area (Å²) in [5, 5.41) is 8.83. The van der Waals surface area contributed by atoms with Gasteiger partial charge >= 0.3 is 5.97 Å². The van der Waals surface area contributed by atoms with Crippen molar-refractivity contribution in [3.63, 3.8) is 0 Å². The number of aromatic carboxylic acids is 1. The van der Waals surface area contributed by atoms with Gasteiger partial charge in [-0.3, -0.25) is 0 Å². The quantitative estimate of drug-likeness (QED) is 0.712. The van der Waals surface area contributed by atoms with Gasteiger partial charge in [-0.25, -0.2) is 4.79 Å². The summed E-state index contributed by atoms with van der Waals surface area (Å²) in [5.74, 6) is -0.513. The van der Waals surface area contributed by atoms with Crippen molar-refractivity contribution < 1.29 is 19.4 Å². The van der Waals surface area contributed by atoms with Crippen molar-refractivity contribution in [2.24, 2.45) is 0 Å². The molecule has 0 radical (unpaired) electrons. The van der Waals surface area contributed by atoms with Crippen molar-refractivity contribution in [1.82, 2.24) is 0 Å². The number of anilines is 1. The lowest BCUT2D eigenvalue weighted by Gasteiger charge is -2.21. The molecule has 1 aromatic rings. The van der Waals surface area contributed by atoms with Crippen LogP contribution in [0.1, 0.15) is 10.4 Å². The van der Waals surface area contributed by atoms with Crippen LogP contribution in [-0.2, 0) is 0 Å². The van der Waals surface area contributed by atoms with Gasteiger partial charge in [0, 0.05) is 6.07 Å². The zero-order valence-electron chi connectivity index (χ0n) is 7.62. The fourth-order valence-electron chi connectivity index (χ4n) is 1.34. The van der Waals surface area contributed by atoms with Crippen molar-refractivity contribution in [1.29, 1.82) is 0 Å². The van der Waals surface area contributed by atoms with Gasteiger partial charge < -0.3 is 20.3 Å². The third kappa shape index (κ3) is 1.55. The third-order valence-corrected chi connectivity index (χ3v) is 2.44. The Labute approximate surface area is 90.3 Å². The Bertz CT molecular complexity index is 433. The molecule has 1 aliphatic heterocycles. The molecular weight excluding hydrogens is 222 g/mol. The lowest BCUT2D eigenvalue weighted by Crippen LogP contribution is -2.17. The molecule has 0 saturated carbocycles. The molecular formula is C9H8ClNO4. The molecule has 15 heavy (non-hydrogen) atoms. The maximum absolute atomic E-state index is 10.8. The molecule has 0 bridgehead atoms. The van der Waals surface area contributed by atoms with Crippen molar-refractivity contribution in [3.8, 4) is 11.5 Å². The zero-order chi connectivity index (χ0) is 11.0. The molecule has 1 heterocycles. The van der Waals surface area contributed by atoms with E-state index in [9.17, 15) is 4.79 Å². The molecule has 0 saturated heterocycles. The van der Waals surface area contributed by atoms with E-state index in [-0.39, 0.29) is 16.3 Å². The number of hydrogen-bond donors (Lipinski definition) is 2. The van der Waals surface area contributed by atoms with Gasteiger partial charge in [0.1, 0.15) is 13.2 Å². The van der Waals surface area contributed by atoms with Crippen LogP contribution in [0.4, 0.5) is 5.69 Å². The Hall–Kier alpha value is -1.62. The van der Waals surface area contributed by atoms with Gasteiger partial charge in [-0.1, -0.05) is 11.6 Å². The Morgan fingerprint density at radius 2 is 2.13 bits per heavy atom. The maximum Gasteiger partial charge on any atom is 0.337 e. The molecule has 0 fully saturated rings. The standard InChI is InChI=1S/C9H8ClNO4/c10-6-4(9(12)13)3-5-8(7(6)11)15-2-1-14-5/h3H,1-2,11H2,(H,12,13). The number of carbonyl (C=O) groups is 1. The number of carboxylic acids is 1. The van der Waals surface area contributed by atoms with Crippen molar-refractivity contribution in [3.05, 3.63) is 16.7 Å². The summed E-state index contributed by atoms with van der Waals surface area (Å²) in [5.41, 5.74) is 5.66. The Kier molecular flexibility index (Phi) is 2.32. The van der Waals surface area contributed by atoms with Crippen LogP contribution in [0.2, 0.25) is 5.02 Å². The van der Waals surface area contributed by atoms with E-state index in [0.29, 0.717) is 24.7 Å². The molecule has 2 rings (SSSR count). The summed E-state index contributed by atoms with van der Waals surface area (Å²) in [7, 11) is 0. The summed E-state index contributed by atoms with van der Waals surface area (Å²) >= 11 is 5.78. The fraction of sp³-hybridized carbons (Fsp3) is 0.222. The van der Waals surface area contributed by atoms with Crippen LogP contribution < -0.4 is 15.2 Å². The molecule has 1 aliphatic rings. The second-order valence-electron chi connectivity index (χ2n) is 2.98. The molecule has 3 N–H and O–H groups in total. The molecule has 80 valence electrons. The second-order valence-corrected chi connectivity index (χ2v) is 3.36. The van der Waals surface area contributed by atoms with E-state index in [2.05, 4.69) is 0 Å². The summed E-state index contributed by atoms with van der Waals surface area (Å²) < 4.78 is 10.5. The molecule has 6 heteroatoms. The van der Waals surface area contributed by atoms with E-state index in [1.165, 1.54) is 6.07 Å². The van der Waals surface area contributed by atoms with Gasteiger partial charge in [-0.05, 0) is 0 Å². The van der Waals surface area contributed by atoms with Crippen LogP contribution in [0.15, 0.2) is 6.07 Å². The van der Waals surface area contributed by atoms with E-state index in [1.807, 2.05) is 0 Å². The van der Waals surface area contributed by atoms with E-state index in [4.69, 9.17) is 31.9 Å². The Balaban J connectivity index is 2.63. The predicted molar refractivity (Wildman–Crippen MR) is 53.8 cm³/mol. The van der Waals surface area contributed by atoms with Gasteiger partial charge in [-0.2, -0.15) is 0 Å². The Morgan fingerprint density at radius 1 is 1.47 bits per heavy atom. The maximum atomic E-state index is 10.8. The van der Waals surface area contributed by atoms with Crippen molar-refractivity contribution in [2.75, 3.05) is 18.9 Å².